The first-order chi connectivity index (χ1) is 15.9. The SMILES string of the molecule is O=C(NC1c2ccccc2CC1O)c1ccc(F)c(NC(=O)c2cnc3cc(F)ccn23)c1. The highest BCUT2D eigenvalue weighted by Gasteiger charge is 2.32. The minimum Gasteiger partial charge on any atom is -0.390 e. The molecule has 1 aliphatic rings. The van der Waals surface area contributed by atoms with E-state index in [1.165, 1.54) is 35.0 Å². The topological polar surface area (TPSA) is 95.7 Å². The van der Waals surface area contributed by atoms with E-state index in [-0.39, 0.29) is 22.6 Å². The lowest BCUT2D eigenvalue weighted by Gasteiger charge is -2.18. The summed E-state index contributed by atoms with van der Waals surface area (Å²) < 4.78 is 29.1. The number of imidazole rings is 1. The van der Waals surface area contributed by atoms with E-state index in [1.54, 1.807) is 0 Å². The number of carbonyl (C=O) groups excluding carboxylic acids is 2. The van der Waals surface area contributed by atoms with Crippen molar-refractivity contribution in [1.29, 1.82) is 0 Å². The molecular formula is C24H18F2N4O3. The molecule has 0 bridgehead atoms. The zero-order chi connectivity index (χ0) is 23.1. The number of aromatic nitrogens is 2. The summed E-state index contributed by atoms with van der Waals surface area (Å²) in [5.74, 6) is -2.42. The van der Waals surface area contributed by atoms with E-state index in [0.29, 0.717) is 6.42 Å². The number of pyridine rings is 1. The fourth-order valence-electron chi connectivity index (χ4n) is 4.04. The van der Waals surface area contributed by atoms with Crippen LogP contribution in [-0.4, -0.2) is 32.4 Å². The van der Waals surface area contributed by atoms with Gasteiger partial charge in [-0.3, -0.25) is 14.0 Å². The molecule has 2 amide bonds. The maximum atomic E-state index is 14.4. The molecule has 0 spiro atoms. The molecule has 33 heavy (non-hydrogen) atoms. The molecule has 1 aliphatic carbocycles. The second kappa shape index (κ2) is 8.10. The summed E-state index contributed by atoms with van der Waals surface area (Å²) in [4.78, 5) is 29.5. The number of anilines is 1. The summed E-state index contributed by atoms with van der Waals surface area (Å²) in [6, 6.07) is 12.8. The van der Waals surface area contributed by atoms with Crippen molar-refractivity contribution in [3.8, 4) is 0 Å². The lowest BCUT2D eigenvalue weighted by molar-refractivity contribution is 0.0857. The van der Waals surface area contributed by atoms with Gasteiger partial charge < -0.3 is 15.7 Å². The molecule has 0 saturated heterocycles. The Morgan fingerprint density at radius 1 is 1.06 bits per heavy atom. The zero-order valence-corrected chi connectivity index (χ0v) is 17.1. The Bertz CT molecular complexity index is 1400. The molecule has 9 heteroatoms. The lowest BCUT2D eigenvalue weighted by atomic mass is 10.1. The van der Waals surface area contributed by atoms with E-state index in [9.17, 15) is 23.5 Å². The molecule has 166 valence electrons. The molecule has 2 heterocycles. The van der Waals surface area contributed by atoms with Gasteiger partial charge in [-0.05, 0) is 35.4 Å². The summed E-state index contributed by atoms with van der Waals surface area (Å²) in [7, 11) is 0. The Balaban J connectivity index is 1.37. The predicted octanol–water partition coefficient (Wildman–Crippen LogP) is 3.25. The van der Waals surface area contributed by atoms with Crippen LogP contribution in [0.3, 0.4) is 0 Å². The summed E-state index contributed by atoms with van der Waals surface area (Å²) in [5.41, 5.74) is 2.00. The predicted molar refractivity (Wildman–Crippen MR) is 116 cm³/mol. The van der Waals surface area contributed by atoms with Gasteiger partial charge in [0.1, 0.15) is 23.0 Å². The number of nitrogens with one attached hydrogen (secondary N) is 2. The summed E-state index contributed by atoms with van der Waals surface area (Å²) in [5, 5.41) is 15.6. The molecule has 0 fully saturated rings. The van der Waals surface area contributed by atoms with Gasteiger partial charge in [-0.2, -0.15) is 0 Å². The second-order valence-electron chi connectivity index (χ2n) is 7.79. The molecule has 2 atom stereocenters. The fourth-order valence-corrected chi connectivity index (χ4v) is 4.04. The van der Waals surface area contributed by atoms with Crippen molar-refractivity contribution in [2.24, 2.45) is 0 Å². The molecule has 4 aromatic rings. The van der Waals surface area contributed by atoms with Crippen LogP contribution in [0.4, 0.5) is 14.5 Å². The van der Waals surface area contributed by atoms with Crippen LogP contribution >= 0.6 is 0 Å². The largest absolute Gasteiger partial charge is 0.390 e. The van der Waals surface area contributed by atoms with Crippen molar-refractivity contribution in [3.63, 3.8) is 0 Å². The summed E-state index contributed by atoms with van der Waals surface area (Å²) in [6.45, 7) is 0. The average molecular weight is 448 g/mol. The van der Waals surface area contributed by atoms with Crippen LogP contribution in [0.1, 0.15) is 38.0 Å². The lowest BCUT2D eigenvalue weighted by Crippen LogP contribution is -2.34. The Kier molecular flexibility index (Phi) is 5.10. The van der Waals surface area contributed by atoms with Crippen molar-refractivity contribution in [3.05, 3.63) is 101 Å². The minimum absolute atomic E-state index is 0.0740. The standard InChI is InChI=1S/C24H18F2N4O3/c25-15-7-8-30-19(12-27-21(30)11-15)24(33)28-18-9-14(5-6-17(18)26)23(32)29-22-16-4-2-1-3-13(16)10-20(22)31/h1-9,11-12,20,22,31H,10H2,(H,28,33)(H,29,32). The molecule has 0 aliphatic heterocycles. The molecule has 0 saturated carbocycles. The number of nitrogens with zero attached hydrogens (tertiary/aromatic N) is 2. The van der Waals surface area contributed by atoms with Crippen molar-refractivity contribution in [1.82, 2.24) is 14.7 Å². The van der Waals surface area contributed by atoms with Crippen LogP contribution in [0.2, 0.25) is 0 Å². The van der Waals surface area contributed by atoms with E-state index in [4.69, 9.17) is 0 Å². The number of halogens is 2. The third-order valence-corrected chi connectivity index (χ3v) is 5.68. The minimum atomic E-state index is -0.772. The molecule has 7 nitrogen and oxygen atoms in total. The van der Waals surface area contributed by atoms with Gasteiger partial charge in [0.15, 0.2) is 0 Å². The highest BCUT2D eigenvalue weighted by molar-refractivity contribution is 6.04. The molecule has 0 radical (unpaired) electrons. The highest BCUT2D eigenvalue weighted by Crippen LogP contribution is 2.31. The van der Waals surface area contributed by atoms with Gasteiger partial charge in [-0.1, -0.05) is 24.3 Å². The van der Waals surface area contributed by atoms with E-state index in [1.807, 2.05) is 24.3 Å². The summed E-state index contributed by atoms with van der Waals surface area (Å²) >= 11 is 0. The van der Waals surface area contributed by atoms with Gasteiger partial charge in [-0.15, -0.1) is 0 Å². The first-order valence-corrected chi connectivity index (χ1v) is 10.2. The monoisotopic (exact) mass is 448 g/mol. The van der Waals surface area contributed by atoms with Gasteiger partial charge in [-0.25, -0.2) is 13.8 Å². The van der Waals surface area contributed by atoms with Crippen LogP contribution < -0.4 is 10.6 Å². The molecule has 5 rings (SSSR count). The van der Waals surface area contributed by atoms with Crippen LogP contribution in [-0.2, 0) is 6.42 Å². The normalized spacial score (nSPS) is 17.1. The first kappa shape index (κ1) is 20.8. The smallest absolute Gasteiger partial charge is 0.274 e. The molecule has 2 aromatic carbocycles. The number of hydrogen-bond acceptors (Lipinski definition) is 4. The van der Waals surface area contributed by atoms with Crippen LogP contribution in [0, 0.1) is 11.6 Å². The van der Waals surface area contributed by atoms with Crippen molar-refractivity contribution in [2.75, 3.05) is 5.32 Å². The highest BCUT2D eigenvalue weighted by atomic mass is 19.1. The first-order valence-electron chi connectivity index (χ1n) is 10.2. The molecule has 3 N–H and O–H groups in total. The fraction of sp³-hybridized carbons (Fsp3) is 0.125. The van der Waals surface area contributed by atoms with E-state index >= 15 is 0 Å². The number of benzene rings is 2. The second-order valence-corrected chi connectivity index (χ2v) is 7.79. The molecular weight excluding hydrogens is 430 g/mol. The van der Waals surface area contributed by atoms with Gasteiger partial charge in [0.05, 0.1) is 24.0 Å². The summed E-state index contributed by atoms with van der Waals surface area (Å²) in [6.07, 6.45) is 2.25. The quantitative estimate of drug-likeness (QED) is 0.447. The van der Waals surface area contributed by atoms with Crippen molar-refractivity contribution >= 4 is 23.1 Å². The van der Waals surface area contributed by atoms with Gasteiger partial charge in [0, 0.05) is 24.2 Å². The van der Waals surface area contributed by atoms with Gasteiger partial charge in [0.25, 0.3) is 11.8 Å². The van der Waals surface area contributed by atoms with Crippen LogP contribution in [0.25, 0.3) is 5.65 Å². The molecule has 2 aromatic heterocycles. The number of hydrogen-bond donors (Lipinski definition) is 3. The van der Waals surface area contributed by atoms with E-state index in [2.05, 4.69) is 15.6 Å². The Morgan fingerprint density at radius 2 is 1.88 bits per heavy atom. The number of rotatable bonds is 4. The average Bonchev–Trinajstić information content (AvgIpc) is 3.35. The Hall–Kier alpha value is -4.11. The van der Waals surface area contributed by atoms with Crippen molar-refractivity contribution < 1.29 is 23.5 Å². The number of fused-ring (bicyclic) bond motifs is 2. The van der Waals surface area contributed by atoms with Crippen LogP contribution in [0.5, 0.6) is 0 Å². The number of aliphatic hydroxyl groups excluding tert-OH is 1. The zero-order valence-electron chi connectivity index (χ0n) is 17.1. The third kappa shape index (κ3) is 3.83. The van der Waals surface area contributed by atoms with E-state index < -0.39 is 35.6 Å². The van der Waals surface area contributed by atoms with E-state index in [0.717, 1.165) is 23.3 Å². The maximum absolute atomic E-state index is 14.4. The Morgan fingerprint density at radius 3 is 2.73 bits per heavy atom. The Labute approximate surface area is 186 Å². The molecule has 2 unspecified atom stereocenters. The number of carbonyl (C=O) groups is 2. The number of aliphatic hydroxyl groups is 1. The maximum Gasteiger partial charge on any atom is 0.274 e. The van der Waals surface area contributed by atoms with Crippen LogP contribution in [0.15, 0.2) is 67.0 Å². The van der Waals surface area contributed by atoms with Crippen molar-refractivity contribution in [2.45, 2.75) is 18.6 Å². The number of amides is 2. The van der Waals surface area contributed by atoms with Gasteiger partial charge >= 0.3 is 0 Å². The third-order valence-electron chi connectivity index (χ3n) is 5.68. The van der Waals surface area contributed by atoms with Gasteiger partial charge in [0.2, 0.25) is 0 Å².